The number of nitrogens with zero attached hydrogens (tertiary/aromatic N) is 6. The molecule has 9 heteroatoms. The smallest absolute Gasteiger partial charge is 0.246 e. The molecule has 2 aliphatic rings. The zero-order valence-corrected chi connectivity index (χ0v) is 19.4. The summed E-state index contributed by atoms with van der Waals surface area (Å²) in [7, 11) is 2.11. The Morgan fingerprint density at radius 3 is 2.61 bits per heavy atom. The van der Waals surface area contributed by atoms with Gasteiger partial charge in [-0.3, -0.25) is 9.69 Å². The molecule has 3 aromatic rings. The maximum absolute atomic E-state index is 12.6. The number of halogens is 1. The van der Waals surface area contributed by atoms with Crippen molar-refractivity contribution in [2.75, 3.05) is 32.4 Å². The Morgan fingerprint density at radius 2 is 1.91 bits per heavy atom. The van der Waals surface area contributed by atoms with Gasteiger partial charge in [-0.1, -0.05) is 29.8 Å². The van der Waals surface area contributed by atoms with Crippen molar-refractivity contribution in [3.05, 3.63) is 47.8 Å². The number of nitrogens with two attached hydrogens (primary N) is 1. The van der Waals surface area contributed by atoms with Crippen molar-refractivity contribution in [3.63, 3.8) is 0 Å². The number of carbonyl (C=O) groups excluding carboxylic acids is 1. The van der Waals surface area contributed by atoms with Crippen molar-refractivity contribution in [2.45, 2.75) is 37.8 Å². The van der Waals surface area contributed by atoms with Gasteiger partial charge in [0.15, 0.2) is 5.65 Å². The maximum atomic E-state index is 12.6. The quantitative estimate of drug-likeness (QED) is 0.559. The summed E-state index contributed by atoms with van der Waals surface area (Å²) in [5.41, 5.74) is 8.61. The first-order valence-corrected chi connectivity index (χ1v) is 11.8. The van der Waals surface area contributed by atoms with E-state index in [0.717, 1.165) is 41.7 Å². The van der Waals surface area contributed by atoms with Gasteiger partial charge < -0.3 is 10.6 Å². The first kappa shape index (κ1) is 21.9. The van der Waals surface area contributed by atoms with E-state index < -0.39 is 0 Å². The lowest BCUT2D eigenvalue weighted by Gasteiger charge is -2.31. The van der Waals surface area contributed by atoms with Crippen molar-refractivity contribution in [1.29, 1.82) is 0 Å². The van der Waals surface area contributed by atoms with E-state index in [0.29, 0.717) is 30.0 Å². The molecule has 1 aliphatic heterocycles. The number of likely N-dealkylation sites (tertiary alicyclic amines) is 1. The molecule has 0 spiro atoms. The number of likely N-dealkylation sites (N-methyl/N-ethyl adjacent to an activating group) is 1. The molecule has 2 fully saturated rings. The van der Waals surface area contributed by atoms with Crippen LogP contribution >= 0.6 is 11.6 Å². The molecule has 33 heavy (non-hydrogen) atoms. The molecule has 1 aromatic carbocycles. The van der Waals surface area contributed by atoms with Crippen LogP contribution in [0.2, 0.25) is 5.02 Å². The van der Waals surface area contributed by atoms with Crippen molar-refractivity contribution in [1.82, 2.24) is 29.5 Å². The second kappa shape index (κ2) is 9.11. The summed E-state index contributed by atoms with van der Waals surface area (Å²) < 4.78 is 1.96. The van der Waals surface area contributed by atoms with Crippen LogP contribution in [-0.2, 0) is 4.79 Å². The monoisotopic (exact) mass is 465 g/mol. The summed E-state index contributed by atoms with van der Waals surface area (Å²) >= 11 is 6.06. The molecule has 0 unspecified atom stereocenters. The van der Waals surface area contributed by atoms with Crippen LogP contribution in [0.4, 0.5) is 5.82 Å². The van der Waals surface area contributed by atoms with Gasteiger partial charge in [0.25, 0.3) is 0 Å². The van der Waals surface area contributed by atoms with Crippen LogP contribution in [0, 0.1) is 0 Å². The fourth-order valence-electron chi connectivity index (χ4n) is 4.48. The van der Waals surface area contributed by atoms with Crippen molar-refractivity contribution < 1.29 is 4.79 Å². The lowest BCUT2D eigenvalue weighted by atomic mass is 10.1. The Kier molecular flexibility index (Phi) is 6.03. The summed E-state index contributed by atoms with van der Waals surface area (Å²) in [6.07, 6.45) is 9.32. The topological polar surface area (TPSA) is 93.2 Å². The van der Waals surface area contributed by atoms with E-state index in [1.165, 1.54) is 19.2 Å². The van der Waals surface area contributed by atoms with Crippen LogP contribution in [0.3, 0.4) is 0 Å². The Labute approximate surface area is 198 Å². The predicted molar refractivity (Wildman–Crippen MR) is 130 cm³/mol. The van der Waals surface area contributed by atoms with Gasteiger partial charge in [-0.15, -0.1) is 0 Å². The first-order valence-electron chi connectivity index (χ1n) is 11.4. The summed E-state index contributed by atoms with van der Waals surface area (Å²) in [6.45, 7) is 2.19. The number of amides is 1. The highest BCUT2D eigenvalue weighted by Crippen LogP contribution is 2.34. The average Bonchev–Trinajstić information content (AvgIpc) is 3.60. The molecule has 2 N–H and O–H groups in total. The van der Waals surface area contributed by atoms with Crippen LogP contribution in [0.5, 0.6) is 0 Å². The Balaban J connectivity index is 1.31. The van der Waals surface area contributed by atoms with Crippen LogP contribution in [-0.4, -0.2) is 68.2 Å². The molecule has 1 saturated heterocycles. The number of aromatic nitrogens is 4. The van der Waals surface area contributed by atoms with Gasteiger partial charge in [0.1, 0.15) is 17.8 Å². The van der Waals surface area contributed by atoms with Crippen LogP contribution in [0.25, 0.3) is 22.3 Å². The summed E-state index contributed by atoms with van der Waals surface area (Å²) in [5, 5.41) is 6.32. The molecule has 5 rings (SSSR count). The number of nitrogen functional groups attached to an aromatic ring is 1. The minimum atomic E-state index is 0.0800. The molecule has 1 aliphatic carbocycles. The second-order valence-corrected chi connectivity index (χ2v) is 9.32. The number of carbonyl (C=O) groups is 1. The first-order chi connectivity index (χ1) is 16.0. The zero-order chi connectivity index (χ0) is 22.9. The van der Waals surface area contributed by atoms with E-state index in [2.05, 4.69) is 21.9 Å². The summed E-state index contributed by atoms with van der Waals surface area (Å²) in [6, 6.07) is 8.35. The summed E-state index contributed by atoms with van der Waals surface area (Å²) in [4.78, 5) is 25.5. The SMILES string of the molecule is CN(CC=CC(=O)N1CCC(n2nc(-c3ccc(Cl)cc3)c3c(N)ncnc32)CC1)C1CC1. The number of piperidine rings is 1. The van der Waals surface area contributed by atoms with E-state index in [1.54, 1.807) is 6.08 Å². The van der Waals surface area contributed by atoms with Gasteiger partial charge in [0.05, 0.1) is 11.4 Å². The minimum absolute atomic E-state index is 0.0800. The molecule has 2 aromatic heterocycles. The molecule has 1 saturated carbocycles. The largest absolute Gasteiger partial charge is 0.383 e. The highest BCUT2D eigenvalue weighted by atomic mass is 35.5. The molecule has 0 radical (unpaired) electrons. The average molecular weight is 466 g/mol. The molecule has 3 heterocycles. The van der Waals surface area contributed by atoms with Crippen molar-refractivity contribution in [3.8, 4) is 11.3 Å². The molecular formula is C24H28ClN7O. The molecule has 8 nitrogen and oxygen atoms in total. The van der Waals surface area contributed by atoms with Gasteiger partial charge in [-0.05, 0) is 44.9 Å². The van der Waals surface area contributed by atoms with Gasteiger partial charge in [0.2, 0.25) is 5.91 Å². The lowest BCUT2D eigenvalue weighted by Crippen LogP contribution is -2.38. The van der Waals surface area contributed by atoms with Gasteiger partial charge >= 0.3 is 0 Å². The number of rotatable bonds is 6. The molecule has 0 bridgehead atoms. The van der Waals surface area contributed by atoms with Gasteiger partial charge in [0, 0.05) is 42.3 Å². The number of hydrogen-bond acceptors (Lipinski definition) is 6. The van der Waals surface area contributed by atoms with Crippen LogP contribution < -0.4 is 5.73 Å². The third-order valence-electron chi connectivity index (χ3n) is 6.58. The Hall–Kier alpha value is -2.97. The van der Waals surface area contributed by atoms with Gasteiger partial charge in [-0.2, -0.15) is 5.10 Å². The minimum Gasteiger partial charge on any atom is -0.383 e. The maximum Gasteiger partial charge on any atom is 0.246 e. The fraction of sp³-hybridized carbons (Fsp3) is 0.417. The Morgan fingerprint density at radius 1 is 1.18 bits per heavy atom. The van der Waals surface area contributed by atoms with Crippen LogP contribution in [0.1, 0.15) is 31.7 Å². The molecular weight excluding hydrogens is 438 g/mol. The number of fused-ring (bicyclic) bond motifs is 1. The predicted octanol–water partition coefficient (Wildman–Crippen LogP) is 3.54. The van der Waals surface area contributed by atoms with Crippen LogP contribution in [0.15, 0.2) is 42.7 Å². The standard InChI is InChI=1S/C24H28ClN7O/c1-30(18-8-9-18)12-2-3-20(33)31-13-10-19(11-14-31)32-24-21(23(26)27-15-28-24)22(29-32)16-4-6-17(25)7-5-16/h2-7,15,18-19H,8-14H2,1H3,(H2,26,27,28). The normalized spacial score (nSPS) is 17.5. The zero-order valence-electron chi connectivity index (χ0n) is 18.7. The molecule has 0 atom stereocenters. The Bertz CT molecular complexity index is 1180. The number of anilines is 1. The van der Waals surface area contributed by atoms with E-state index >= 15 is 0 Å². The van der Waals surface area contributed by atoms with E-state index in [-0.39, 0.29) is 11.9 Å². The van der Waals surface area contributed by atoms with E-state index in [1.807, 2.05) is 39.9 Å². The summed E-state index contributed by atoms with van der Waals surface area (Å²) in [5.74, 6) is 0.488. The number of benzene rings is 1. The number of hydrogen-bond donors (Lipinski definition) is 1. The van der Waals surface area contributed by atoms with Crippen molar-refractivity contribution >= 4 is 34.4 Å². The van der Waals surface area contributed by atoms with Gasteiger partial charge in [-0.25, -0.2) is 14.6 Å². The highest BCUT2D eigenvalue weighted by Gasteiger charge is 2.28. The van der Waals surface area contributed by atoms with E-state index in [4.69, 9.17) is 22.4 Å². The third-order valence-corrected chi connectivity index (χ3v) is 6.83. The van der Waals surface area contributed by atoms with Crippen molar-refractivity contribution in [2.24, 2.45) is 0 Å². The van der Waals surface area contributed by atoms with E-state index in [9.17, 15) is 4.79 Å². The highest BCUT2D eigenvalue weighted by molar-refractivity contribution is 6.30. The third kappa shape index (κ3) is 4.58. The molecule has 1 amide bonds. The second-order valence-electron chi connectivity index (χ2n) is 8.89. The lowest BCUT2D eigenvalue weighted by molar-refractivity contribution is -0.127. The fourth-order valence-corrected chi connectivity index (χ4v) is 4.61. The molecule has 172 valence electrons.